The second-order valence-corrected chi connectivity index (χ2v) is 6.97. The molecule has 1 heterocycles. The van der Waals surface area contributed by atoms with E-state index < -0.39 is 15.7 Å². The van der Waals surface area contributed by atoms with E-state index in [0.717, 1.165) is 11.3 Å². The number of nitrogens with zero attached hydrogens (tertiary/aromatic N) is 3. The molecular formula is C12H18N4O3S. The molecule has 0 amide bonds. The molecule has 2 unspecified atom stereocenters. The molecule has 0 spiro atoms. The van der Waals surface area contributed by atoms with Crippen LogP contribution in [0.2, 0.25) is 0 Å². The zero-order chi connectivity index (χ0) is 15.3. The van der Waals surface area contributed by atoms with Gasteiger partial charge in [-0.3, -0.25) is 4.98 Å². The van der Waals surface area contributed by atoms with Gasteiger partial charge in [0.1, 0.15) is 0 Å². The number of pyridine rings is 1. The lowest BCUT2D eigenvalue weighted by Crippen LogP contribution is -2.16. The van der Waals surface area contributed by atoms with Crippen molar-refractivity contribution >= 4 is 21.7 Å². The van der Waals surface area contributed by atoms with Crippen LogP contribution in [0.1, 0.15) is 30.4 Å². The third-order valence-electron chi connectivity index (χ3n) is 2.60. The highest BCUT2D eigenvalue weighted by atomic mass is 32.2. The predicted octanol–water partition coefficient (Wildman–Crippen LogP) is 1.34. The van der Waals surface area contributed by atoms with Crippen molar-refractivity contribution in [1.29, 1.82) is 0 Å². The maximum absolute atomic E-state index is 12.5. The van der Waals surface area contributed by atoms with Gasteiger partial charge >= 0.3 is 5.97 Å². The van der Waals surface area contributed by atoms with Crippen molar-refractivity contribution < 1.29 is 13.8 Å². The summed E-state index contributed by atoms with van der Waals surface area (Å²) < 4.78 is 16.4. The molecule has 20 heavy (non-hydrogen) atoms. The summed E-state index contributed by atoms with van der Waals surface area (Å²) in [4.78, 5) is 19.1. The maximum atomic E-state index is 12.5. The van der Waals surface area contributed by atoms with Gasteiger partial charge in [0.25, 0.3) is 5.96 Å². The number of guanidine groups is 1. The van der Waals surface area contributed by atoms with Crippen LogP contribution in [0.5, 0.6) is 0 Å². The first-order chi connectivity index (χ1) is 9.22. The summed E-state index contributed by atoms with van der Waals surface area (Å²) >= 11 is 0. The normalized spacial score (nSPS) is 16.1. The van der Waals surface area contributed by atoms with Crippen molar-refractivity contribution in [3.05, 3.63) is 29.6 Å². The number of nitrogens with two attached hydrogens (primary N) is 1. The van der Waals surface area contributed by atoms with E-state index in [-0.39, 0.29) is 11.2 Å². The van der Waals surface area contributed by atoms with E-state index in [9.17, 15) is 9.00 Å². The summed E-state index contributed by atoms with van der Waals surface area (Å²) in [5.41, 5.74) is 7.12. The molecule has 0 radical (unpaired) electrons. The highest BCUT2D eigenvalue weighted by Gasteiger charge is 2.17. The van der Waals surface area contributed by atoms with E-state index in [4.69, 9.17) is 5.73 Å². The van der Waals surface area contributed by atoms with Crippen LogP contribution in [0.25, 0.3) is 0 Å². The molecule has 0 aromatic carbocycles. The Balaban J connectivity index is 3.02. The maximum Gasteiger partial charge on any atom is 0.332 e. The zero-order valence-corrected chi connectivity index (χ0v) is 12.7. The molecular weight excluding hydrogens is 280 g/mol. The first kappa shape index (κ1) is 16.1. The Bertz CT molecular complexity index is 631. The summed E-state index contributed by atoms with van der Waals surface area (Å²) in [6.07, 6.45) is 3.12. The van der Waals surface area contributed by atoms with Gasteiger partial charge < -0.3 is 10.6 Å². The smallest absolute Gasteiger partial charge is 0.332 e. The fourth-order valence-electron chi connectivity index (χ4n) is 1.36. The number of hydrogen-bond donors (Lipinski definition) is 1. The van der Waals surface area contributed by atoms with Gasteiger partial charge in [0.05, 0.1) is 15.0 Å². The van der Waals surface area contributed by atoms with E-state index in [1.54, 1.807) is 13.1 Å². The van der Waals surface area contributed by atoms with E-state index in [1.165, 1.54) is 13.2 Å². The minimum absolute atomic E-state index is 0.334. The Hall–Kier alpha value is -1.96. The number of rotatable bonds is 3. The van der Waals surface area contributed by atoms with Gasteiger partial charge in [0.2, 0.25) is 0 Å². The van der Waals surface area contributed by atoms with Crippen molar-refractivity contribution in [2.75, 3.05) is 6.26 Å². The number of carbonyl (C=O) groups excluding carboxylic acids is 1. The fourth-order valence-corrected chi connectivity index (χ4v) is 2.57. The molecule has 0 fully saturated rings. The molecule has 0 aliphatic rings. The van der Waals surface area contributed by atoms with Gasteiger partial charge in [-0.15, -0.1) is 0 Å². The molecule has 0 aliphatic heterocycles. The number of carbonyl (C=O) groups is 1. The van der Waals surface area contributed by atoms with Crippen molar-refractivity contribution in [3.8, 4) is 0 Å². The van der Waals surface area contributed by atoms with Crippen LogP contribution in [-0.2, 0) is 19.4 Å². The van der Waals surface area contributed by atoms with Crippen molar-refractivity contribution in [2.45, 2.75) is 26.0 Å². The molecule has 8 heteroatoms. The quantitative estimate of drug-likeness (QED) is 0.392. The molecule has 1 aromatic rings. The van der Waals surface area contributed by atoms with Gasteiger partial charge in [-0.25, -0.2) is 9.00 Å². The molecule has 0 bridgehead atoms. The Morgan fingerprint density at radius 1 is 1.50 bits per heavy atom. The second-order valence-electron chi connectivity index (χ2n) is 4.36. The van der Waals surface area contributed by atoms with E-state index >= 15 is 0 Å². The lowest BCUT2D eigenvalue weighted by molar-refractivity contribution is -0.140. The standard InChI is InChI=1S/C12H18N4O3S/c1-8-5-6-11(7-14-8)9(2)20(4,18)16-12(13)15-19-10(3)17/h5-7,9H,1-4H3,(H2,13,15). The second kappa shape index (κ2) is 6.47. The molecule has 0 saturated carbocycles. The molecule has 0 aliphatic carbocycles. The van der Waals surface area contributed by atoms with Gasteiger partial charge in [0, 0.05) is 25.1 Å². The van der Waals surface area contributed by atoms with Crippen molar-refractivity contribution in [3.63, 3.8) is 0 Å². The third-order valence-corrected chi connectivity index (χ3v) is 4.74. The van der Waals surface area contributed by atoms with Crippen LogP contribution in [0, 0.1) is 6.92 Å². The van der Waals surface area contributed by atoms with Gasteiger partial charge in [0.15, 0.2) is 0 Å². The fraction of sp³-hybridized carbons (Fsp3) is 0.417. The lowest BCUT2D eigenvalue weighted by atomic mass is 10.2. The minimum Gasteiger partial charge on any atom is -0.365 e. The topological polar surface area (TPSA) is 107 Å². The number of oxime groups is 1. The van der Waals surface area contributed by atoms with Crippen LogP contribution in [0.15, 0.2) is 27.8 Å². The van der Waals surface area contributed by atoms with Crippen LogP contribution >= 0.6 is 0 Å². The Labute approximate surface area is 118 Å². The molecule has 1 rings (SSSR count). The largest absolute Gasteiger partial charge is 0.365 e. The average molecular weight is 298 g/mol. The lowest BCUT2D eigenvalue weighted by Gasteiger charge is -2.13. The Morgan fingerprint density at radius 2 is 2.15 bits per heavy atom. The van der Waals surface area contributed by atoms with Crippen molar-refractivity contribution in [2.24, 2.45) is 15.3 Å². The zero-order valence-electron chi connectivity index (χ0n) is 11.9. The van der Waals surface area contributed by atoms with E-state index in [2.05, 4.69) is 19.3 Å². The van der Waals surface area contributed by atoms with E-state index in [0.29, 0.717) is 0 Å². The predicted molar refractivity (Wildman–Crippen MR) is 77.3 cm³/mol. The average Bonchev–Trinajstić information content (AvgIpc) is 2.36. The SMILES string of the molecule is CC(=O)O/N=C(\N)N=S(C)(=O)C(C)c1ccc(C)nc1. The van der Waals surface area contributed by atoms with Crippen molar-refractivity contribution in [1.82, 2.24) is 4.98 Å². The molecule has 110 valence electrons. The summed E-state index contributed by atoms with van der Waals surface area (Å²) in [7, 11) is -2.69. The van der Waals surface area contributed by atoms with Crippen LogP contribution in [0.3, 0.4) is 0 Å². The molecule has 2 atom stereocenters. The number of hydrogen-bond acceptors (Lipinski definition) is 5. The number of aryl methyl sites for hydroxylation is 1. The highest BCUT2D eigenvalue weighted by molar-refractivity contribution is 7.93. The van der Waals surface area contributed by atoms with E-state index in [1.807, 2.05) is 19.1 Å². The Morgan fingerprint density at radius 3 is 2.65 bits per heavy atom. The molecule has 1 aromatic heterocycles. The minimum atomic E-state index is -2.69. The summed E-state index contributed by atoms with van der Waals surface area (Å²) in [5.74, 6) is -0.957. The summed E-state index contributed by atoms with van der Waals surface area (Å²) in [6.45, 7) is 4.81. The number of aromatic nitrogens is 1. The van der Waals surface area contributed by atoms with Gasteiger partial charge in [-0.1, -0.05) is 6.07 Å². The van der Waals surface area contributed by atoms with Crippen LogP contribution in [-0.4, -0.2) is 27.4 Å². The third kappa shape index (κ3) is 4.61. The highest BCUT2D eigenvalue weighted by Crippen LogP contribution is 2.22. The first-order valence-corrected chi connectivity index (χ1v) is 7.85. The first-order valence-electron chi connectivity index (χ1n) is 5.87. The monoisotopic (exact) mass is 298 g/mol. The van der Waals surface area contributed by atoms with Gasteiger partial charge in [-0.05, 0) is 30.6 Å². The Kier molecular flexibility index (Phi) is 5.20. The molecule has 7 nitrogen and oxygen atoms in total. The van der Waals surface area contributed by atoms with Gasteiger partial charge in [-0.2, -0.15) is 4.36 Å². The molecule has 0 saturated heterocycles. The van der Waals surface area contributed by atoms with Crippen LogP contribution < -0.4 is 5.73 Å². The molecule has 2 N–H and O–H groups in total. The summed E-state index contributed by atoms with van der Waals surface area (Å²) in [6, 6.07) is 3.67. The summed E-state index contributed by atoms with van der Waals surface area (Å²) in [5, 5.41) is 2.90. The van der Waals surface area contributed by atoms with Crippen LogP contribution in [0.4, 0.5) is 0 Å².